The number of ether oxygens (including phenoxy) is 1. The fourth-order valence-electron chi connectivity index (χ4n) is 7.70. The van der Waals surface area contributed by atoms with Crippen LogP contribution in [0.3, 0.4) is 0 Å². The molecule has 0 saturated heterocycles. The second-order valence-corrected chi connectivity index (χ2v) is 18.3. The highest BCUT2D eigenvalue weighted by Crippen LogP contribution is 2.56. The Morgan fingerprint density at radius 2 is 1.04 bits per heavy atom. The first-order valence-electron chi connectivity index (χ1n) is 20.3. The lowest BCUT2D eigenvalue weighted by Crippen LogP contribution is -2.33. The zero-order valence-electron chi connectivity index (χ0n) is 32.9. The molecule has 0 aromatic heterocycles. The van der Waals surface area contributed by atoms with Gasteiger partial charge in [-0.25, -0.2) is 0 Å². The molecule has 0 atom stereocenters. The van der Waals surface area contributed by atoms with Gasteiger partial charge in [0, 0.05) is 17.7 Å². The average molecular weight is 743 g/mol. The van der Waals surface area contributed by atoms with Crippen LogP contribution >= 0.6 is 7.26 Å². The number of likely N-dealkylation sites (N-methyl/N-ethyl adjacent to an activating group) is 1. The van der Waals surface area contributed by atoms with Gasteiger partial charge in [0.15, 0.2) is 0 Å². The first-order chi connectivity index (χ1) is 27.1. The van der Waals surface area contributed by atoms with E-state index in [1.54, 1.807) is 0 Å². The lowest BCUT2D eigenvalue weighted by Gasteiger charge is -2.27. The van der Waals surface area contributed by atoms with E-state index in [0.717, 1.165) is 30.7 Å². The quantitative estimate of drug-likeness (QED) is 0.0414. The zero-order chi connectivity index (χ0) is 38.0. The highest BCUT2D eigenvalue weighted by molar-refractivity contribution is 7.95. The van der Waals surface area contributed by atoms with Gasteiger partial charge < -0.3 is 9.64 Å². The van der Waals surface area contributed by atoms with E-state index in [4.69, 9.17) is 4.74 Å². The predicted molar refractivity (Wildman–Crippen MR) is 239 cm³/mol. The molecule has 0 heterocycles. The Labute approximate surface area is 332 Å². The molecule has 0 N–H and O–H groups in total. The van der Waals surface area contributed by atoms with Gasteiger partial charge >= 0.3 is 0 Å². The molecule has 0 fully saturated rings. The summed E-state index contributed by atoms with van der Waals surface area (Å²) in [5.74, 6) is 0.902. The van der Waals surface area contributed by atoms with Crippen LogP contribution in [0.25, 0.3) is 11.1 Å². The van der Waals surface area contributed by atoms with Gasteiger partial charge in [0.2, 0.25) is 0 Å². The fourth-order valence-corrected chi connectivity index (χ4v) is 12.1. The molecular formula is C52H57NOP+. The van der Waals surface area contributed by atoms with Gasteiger partial charge in [-0.3, -0.25) is 0 Å². The monoisotopic (exact) mass is 742 g/mol. The van der Waals surface area contributed by atoms with Crippen molar-refractivity contribution < 1.29 is 4.74 Å². The lowest BCUT2D eigenvalue weighted by atomic mass is 9.87. The Bertz CT molecular complexity index is 1880. The summed E-state index contributed by atoms with van der Waals surface area (Å²) in [6.07, 6.45) is 12.3. The van der Waals surface area contributed by atoms with Crippen molar-refractivity contribution in [2.24, 2.45) is 0 Å². The third-order valence-corrected chi connectivity index (χ3v) is 15.1. The van der Waals surface area contributed by atoms with Crippen LogP contribution in [0.15, 0.2) is 164 Å². The molecule has 0 spiro atoms. The Hall–Kier alpha value is -4.93. The van der Waals surface area contributed by atoms with Crippen molar-refractivity contribution in [2.75, 3.05) is 33.4 Å². The predicted octanol–water partition coefficient (Wildman–Crippen LogP) is 11.7. The second-order valence-electron chi connectivity index (χ2n) is 14.7. The highest BCUT2D eigenvalue weighted by atomic mass is 31.2. The van der Waals surface area contributed by atoms with Crippen LogP contribution in [0.1, 0.15) is 74.5 Å². The van der Waals surface area contributed by atoms with E-state index in [2.05, 4.69) is 189 Å². The number of hydrogen-bond donors (Lipinski definition) is 0. The zero-order valence-corrected chi connectivity index (χ0v) is 33.8. The number of rotatable bonds is 21. The van der Waals surface area contributed by atoms with E-state index in [-0.39, 0.29) is 0 Å². The maximum atomic E-state index is 6.04. The van der Waals surface area contributed by atoms with Crippen LogP contribution in [0.2, 0.25) is 0 Å². The minimum absolute atomic E-state index is 0.671. The molecule has 0 bridgehead atoms. The van der Waals surface area contributed by atoms with Crippen molar-refractivity contribution in [1.29, 1.82) is 0 Å². The minimum atomic E-state index is -1.74. The summed E-state index contributed by atoms with van der Waals surface area (Å²) in [6, 6.07) is 66.3. The average Bonchev–Trinajstić information content (AvgIpc) is 3.24. The van der Waals surface area contributed by atoms with Crippen LogP contribution in [-0.2, 0) is 0 Å². The maximum absolute atomic E-state index is 6.04. The van der Waals surface area contributed by atoms with Crippen LogP contribution in [0, 0.1) is 12.1 Å². The molecule has 3 heteroatoms. The summed E-state index contributed by atoms with van der Waals surface area (Å²) in [5, 5.41) is 4.47. The Morgan fingerprint density at radius 3 is 1.55 bits per heavy atom. The molecule has 0 radical (unpaired) electrons. The molecule has 0 aliphatic heterocycles. The molecular weight excluding hydrogens is 686 g/mol. The molecule has 0 amide bonds. The summed E-state index contributed by atoms with van der Waals surface area (Å²) in [5.41, 5.74) is 6.17. The molecule has 0 aliphatic rings. The first kappa shape index (κ1) is 39.8. The summed E-state index contributed by atoms with van der Waals surface area (Å²) < 4.78 is 6.04. The van der Waals surface area contributed by atoms with Gasteiger partial charge in [-0.1, -0.05) is 147 Å². The molecule has 6 aromatic rings. The van der Waals surface area contributed by atoms with Gasteiger partial charge in [-0.05, 0) is 117 Å². The summed E-state index contributed by atoms with van der Waals surface area (Å²) in [7, 11) is 2.40. The van der Waals surface area contributed by atoms with Crippen molar-refractivity contribution >= 4 is 34.3 Å². The van der Waals surface area contributed by atoms with Crippen LogP contribution in [0.5, 0.6) is 5.75 Å². The van der Waals surface area contributed by atoms with Gasteiger partial charge in [0.25, 0.3) is 0 Å². The molecule has 0 unspecified atom stereocenters. The first-order valence-corrected chi connectivity index (χ1v) is 22.2. The Balaban J connectivity index is 1.06. The molecule has 280 valence electrons. The van der Waals surface area contributed by atoms with Crippen molar-refractivity contribution in [3.63, 3.8) is 0 Å². The molecule has 0 aliphatic carbocycles. The van der Waals surface area contributed by atoms with E-state index in [9.17, 15) is 0 Å². The smallest absolute Gasteiger partial charge is 0.119 e. The Morgan fingerprint density at radius 1 is 0.527 bits per heavy atom. The largest absolute Gasteiger partial charge is 0.492 e. The van der Waals surface area contributed by atoms with E-state index >= 15 is 0 Å². The van der Waals surface area contributed by atoms with Crippen LogP contribution in [-0.4, -0.2) is 38.3 Å². The van der Waals surface area contributed by atoms with E-state index in [0.29, 0.717) is 6.61 Å². The van der Waals surface area contributed by atoms with Crippen LogP contribution in [0.4, 0.5) is 0 Å². The van der Waals surface area contributed by atoms with Crippen molar-refractivity contribution in [2.45, 2.75) is 57.8 Å². The summed E-state index contributed by atoms with van der Waals surface area (Å²) in [4.78, 5) is 2.14. The van der Waals surface area contributed by atoms with E-state index in [1.807, 2.05) is 6.07 Å². The minimum Gasteiger partial charge on any atom is -0.492 e. The number of benzene rings is 5. The number of nitrogens with zero attached hydrogens (tertiary/aromatic N) is 1. The maximum Gasteiger partial charge on any atom is 0.119 e. The standard InChI is InChI=1S/C52H57NOP/c1-53(2)41-42-54-47-39-37-46(38-40-47)52(45-28-16-10-17-29-45)51(44-26-14-9-15-27-44)36-24-7-5-3-4-6-8-25-43-55(48-30-18-11-19-31-48,49-32-20-12-21-33-49)50-34-22-13-23-35-50/h9-16,18-23,26-28,30-35,37-40H,3-8,24-25,36,41-43H2,1-2H3/q+1/b52-51-. The van der Waals surface area contributed by atoms with Gasteiger partial charge in [-0.2, -0.15) is 0 Å². The van der Waals surface area contributed by atoms with Gasteiger partial charge in [0.05, 0.1) is 6.16 Å². The summed E-state index contributed by atoms with van der Waals surface area (Å²) >= 11 is 0. The topological polar surface area (TPSA) is 12.5 Å². The molecule has 0 saturated carbocycles. The SMILES string of the molecule is CN(C)CCOc1ccc(/C(=C(/CCCCCCCCCC[P+](c2ccccc2)(c2ccccc2)c2ccccc2)c2ccccc2)c2c#cccc2)cc1. The van der Waals surface area contributed by atoms with Crippen molar-refractivity contribution in [3.8, 4) is 5.75 Å². The molecule has 6 aromatic carbocycles. The Kier molecular flexibility index (Phi) is 15.3. The number of unbranched alkanes of at least 4 members (excludes halogenated alkanes) is 7. The molecule has 55 heavy (non-hydrogen) atoms. The normalized spacial score (nSPS) is 11.9. The third-order valence-electron chi connectivity index (χ3n) is 10.6. The molecule has 6 rings (SSSR count). The third kappa shape index (κ3) is 11.1. The number of allylic oxidation sites excluding steroid dienone is 1. The van der Waals surface area contributed by atoms with Crippen LogP contribution < -0.4 is 20.7 Å². The van der Waals surface area contributed by atoms with E-state index in [1.165, 1.54) is 89.3 Å². The fraction of sp³-hybridized carbons (Fsp3) is 0.269. The van der Waals surface area contributed by atoms with Crippen molar-refractivity contribution in [3.05, 3.63) is 193 Å². The lowest BCUT2D eigenvalue weighted by molar-refractivity contribution is 0.261. The van der Waals surface area contributed by atoms with Gasteiger partial charge in [-0.15, -0.1) is 0 Å². The summed E-state index contributed by atoms with van der Waals surface area (Å²) in [6.45, 7) is 1.56. The van der Waals surface area contributed by atoms with Gasteiger partial charge in [0.1, 0.15) is 35.5 Å². The molecule has 2 nitrogen and oxygen atoms in total. The number of hydrogen-bond acceptors (Lipinski definition) is 2. The second kappa shape index (κ2) is 21.2. The van der Waals surface area contributed by atoms with E-state index < -0.39 is 7.26 Å². The highest BCUT2D eigenvalue weighted by Gasteiger charge is 2.44. The van der Waals surface area contributed by atoms with Crippen molar-refractivity contribution in [1.82, 2.24) is 4.90 Å².